The fraction of sp³-hybridized carbons (Fsp3) is 0.304. The highest BCUT2D eigenvalue weighted by atomic mass is 32.2. The number of nitrogens with zero attached hydrogens (tertiary/aromatic N) is 2. The number of amides is 3. The van der Waals surface area contributed by atoms with Gasteiger partial charge in [0.2, 0.25) is 5.91 Å². The number of urea groups is 1. The van der Waals surface area contributed by atoms with Crippen LogP contribution in [-0.2, 0) is 4.79 Å². The fourth-order valence-corrected chi connectivity index (χ4v) is 4.76. The van der Waals surface area contributed by atoms with Crippen molar-refractivity contribution < 1.29 is 14.0 Å². The monoisotopic (exact) mass is 454 g/mol. The lowest BCUT2D eigenvalue weighted by Gasteiger charge is -2.26. The number of hydrogen-bond acceptors (Lipinski definition) is 5. The molecule has 7 nitrogen and oxygen atoms in total. The molecule has 1 aliphatic carbocycles. The van der Waals surface area contributed by atoms with Crippen LogP contribution in [-0.4, -0.2) is 27.2 Å². The van der Waals surface area contributed by atoms with E-state index in [0.29, 0.717) is 16.1 Å². The normalized spacial score (nSPS) is 14.3. The molecule has 1 aromatic heterocycles. The molecule has 0 atom stereocenters. The molecule has 2 N–H and O–H groups in total. The molecule has 0 radical (unpaired) electrons. The van der Waals surface area contributed by atoms with Gasteiger partial charge in [-0.1, -0.05) is 55.3 Å². The predicted octanol–water partition coefficient (Wildman–Crippen LogP) is 4.48. The molecule has 166 valence electrons. The molecule has 1 heterocycles. The summed E-state index contributed by atoms with van der Waals surface area (Å²) in [6.45, 7) is 0. The predicted molar refractivity (Wildman–Crippen MR) is 122 cm³/mol. The number of imide groups is 1. The number of carbonyl (C=O) groups is 2. The number of rotatable bonds is 5. The molecular formula is C23H23FN4O3S. The van der Waals surface area contributed by atoms with Gasteiger partial charge < -0.3 is 5.32 Å². The Labute approximate surface area is 188 Å². The SMILES string of the molecule is O=C(CSc1nc2ccccc2c(=O)n1C1CCCCC1)NC(=O)Nc1ccccc1F. The number of nitrogens with one attached hydrogen (secondary N) is 2. The Morgan fingerprint density at radius 1 is 1.06 bits per heavy atom. The molecule has 0 spiro atoms. The van der Waals surface area contributed by atoms with Crippen molar-refractivity contribution in [1.82, 2.24) is 14.9 Å². The minimum absolute atomic E-state index is 0.0206. The number of carbonyl (C=O) groups excluding carboxylic acids is 2. The van der Waals surface area contributed by atoms with Gasteiger partial charge in [0, 0.05) is 6.04 Å². The summed E-state index contributed by atoms with van der Waals surface area (Å²) >= 11 is 1.11. The lowest BCUT2D eigenvalue weighted by atomic mass is 9.95. The second kappa shape index (κ2) is 9.95. The van der Waals surface area contributed by atoms with Gasteiger partial charge in [-0.25, -0.2) is 14.2 Å². The van der Waals surface area contributed by atoms with Crippen LogP contribution >= 0.6 is 11.8 Å². The van der Waals surface area contributed by atoms with Gasteiger partial charge in [0.25, 0.3) is 5.56 Å². The van der Waals surface area contributed by atoms with Crippen molar-refractivity contribution in [2.45, 2.75) is 43.3 Å². The number of thioether (sulfide) groups is 1. The van der Waals surface area contributed by atoms with Gasteiger partial charge in [-0.2, -0.15) is 0 Å². The van der Waals surface area contributed by atoms with E-state index in [2.05, 4.69) is 15.6 Å². The third-order valence-corrected chi connectivity index (χ3v) is 6.38. The first-order valence-corrected chi connectivity index (χ1v) is 11.5. The van der Waals surface area contributed by atoms with Crippen molar-refractivity contribution in [2.75, 3.05) is 11.1 Å². The van der Waals surface area contributed by atoms with Crippen LogP contribution in [0.5, 0.6) is 0 Å². The summed E-state index contributed by atoms with van der Waals surface area (Å²) in [5, 5.41) is 5.51. The quantitative estimate of drug-likeness (QED) is 0.438. The number of anilines is 1. The summed E-state index contributed by atoms with van der Waals surface area (Å²) in [5.41, 5.74) is 0.445. The Hall–Kier alpha value is -3.20. The van der Waals surface area contributed by atoms with Crippen LogP contribution in [0.4, 0.5) is 14.9 Å². The van der Waals surface area contributed by atoms with Gasteiger partial charge in [0.1, 0.15) is 5.82 Å². The summed E-state index contributed by atoms with van der Waals surface area (Å²) in [6, 6.07) is 12.1. The Morgan fingerprint density at radius 3 is 2.56 bits per heavy atom. The third-order valence-electron chi connectivity index (χ3n) is 5.42. The van der Waals surface area contributed by atoms with E-state index in [1.165, 1.54) is 18.2 Å². The number of aromatic nitrogens is 2. The van der Waals surface area contributed by atoms with Gasteiger partial charge in [-0.15, -0.1) is 0 Å². The van der Waals surface area contributed by atoms with Crippen LogP contribution in [0, 0.1) is 5.82 Å². The number of para-hydroxylation sites is 2. The zero-order valence-corrected chi connectivity index (χ0v) is 18.2. The molecule has 2 aromatic carbocycles. The van der Waals surface area contributed by atoms with Gasteiger partial charge in [0.15, 0.2) is 5.16 Å². The van der Waals surface area contributed by atoms with Crippen molar-refractivity contribution in [3.63, 3.8) is 0 Å². The molecule has 4 rings (SSSR count). The molecule has 0 saturated heterocycles. The standard InChI is InChI=1S/C23H23FN4O3S/c24-17-11-5-7-13-19(17)25-22(31)27-20(29)14-32-23-26-18-12-6-4-10-16(18)21(30)28(23)15-8-2-1-3-9-15/h4-7,10-13,15H,1-3,8-9,14H2,(H2,25,27,29,31). The molecule has 0 bridgehead atoms. The zero-order valence-electron chi connectivity index (χ0n) is 17.3. The van der Waals surface area contributed by atoms with Crippen molar-refractivity contribution in [3.8, 4) is 0 Å². The van der Waals surface area contributed by atoms with Gasteiger partial charge in [-0.3, -0.25) is 19.5 Å². The Morgan fingerprint density at radius 2 is 1.78 bits per heavy atom. The maximum absolute atomic E-state index is 13.7. The minimum Gasteiger partial charge on any atom is -0.305 e. The Balaban J connectivity index is 1.49. The van der Waals surface area contributed by atoms with Crippen molar-refractivity contribution in [2.24, 2.45) is 0 Å². The molecule has 9 heteroatoms. The average molecular weight is 455 g/mol. The number of fused-ring (bicyclic) bond motifs is 1. The van der Waals surface area contributed by atoms with Crippen LogP contribution < -0.4 is 16.2 Å². The van der Waals surface area contributed by atoms with Crippen LogP contribution in [0.25, 0.3) is 10.9 Å². The summed E-state index contributed by atoms with van der Waals surface area (Å²) in [6.07, 6.45) is 5.03. The highest BCUT2D eigenvalue weighted by Crippen LogP contribution is 2.31. The first-order valence-electron chi connectivity index (χ1n) is 10.5. The molecule has 1 aliphatic rings. The lowest BCUT2D eigenvalue weighted by molar-refractivity contribution is -0.117. The first kappa shape index (κ1) is 22.0. The third kappa shape index (κ3) is 4.99. The second-order valence-corrected chi connectivity index (χ2v) is 8.59. The van der Waals surface area contributed by atoms with E-state index in [-0.39, 0.29) is 23.0 Å². The van der Waals surface area contributed by atoms with Crippen LogP contribution in [0.15, 0.2) is 58.5 Å². The van der Waals surface area contributed by atoms with Crippen LogP contribution in [0.1, 0.15) is 38.1 Å². The number of halogens is 1. The number of hydrogen-bond donors (Lipinski definition) is 2. The van der Waals surface area contributed by atoms with E-state index < -0.39 is 17.8 Å². The van der Waals surface area contributed by atoms with E-state index >= 15 is 0 Å². The average Bonchev–Trinajstić information content (AvgIpc) is 2.80. The van der Waals surface area contributed by atoms with Crippen molar-refractivity contribution in [3.05, 3.63) is 64.7 Å². The van der Waals surface area contributed by atoms with Crippen LogP contribution in [0.2, 0.25) is 0 Å². The summed E-state index contributed by atoms with van der Waals surface area (Å²) in [7, 11) is 0. The molecule has 0 unspecified atom stereocenters. The Kier molecular flexibility index (Phi) is 6.84. The van der Waals surface area contributed by atoms with Gasteiger partial charge in [-0.05, 0) is 37.1 Å². The molecular weight excluding hydrogens is 431 g/mol. The van der Waals surface area contributed by atoms with E-state index in [1.807, 2.05) is 12.1 Å². The molecule has 0 aliphatic heterocycles. The maximum Gasteiger partial charge on any atom is 0.325 e. The van der Waals surface area contributed by atoms with Crippen molar-refractivity contribution >= 4 is 40.3 Å². The first-order chi connectivity index (χ1) is 15.5. The largest absolute Gasteiger partial charge is 0.325 e. The van der Waals surface area contributed by atoms with E-state index in [0.717, 1.165) is 43.9 Å². The number of benzene rings is 2. The summed E-state index contributed by atoms with van der Waals surface area (Å²) in [4.78, 5) is 42.2. The van der Waals surface area contributed by atoms with Crippen molar-refractivity contribution in [1.29, 1.82) is 0 Å². The van der Waals surface area contributed by atoms with Crippen LogP contribution in [0.3, 0.4) is 0 Å². The van der Waals surface area contributed by atoms with E-state index in [4.69, 9.17) is 0 Å². The molecule has 3 amide bonds. The second-order valence-electron chi connectivity index (χ2n) is 7.65. The van der Waals surface area contributed by atoms with Gasteiger partial charge in [0.05, 0.1) is 22.3 Å². The molecule has 32 heavy (non-hydrogen) atoms. The maximum atomic E-state index is 13.7. The summed E-state index contributed by atoms with van der Waals surface area (Å²) < 4.78 is 15.4. The fourth-order valence-electron chi connectivity index (χ4n) is 3.90. The lowest BCUT2D eigenvalue weighted by Crippen LogP contribution is -2.36. The molecule has 1 fully saturated rings. The zero-order chi connectivity index (χ0) is 22.5. The highest BCUT2D eigenvalue weighted by Gasteiger charge is 2.22. The van der Waals surface area contributed by atoms with E-state index in [1.54, 1.807) is 22.8 Å². The summed E-state index contributed by atoms with van der Waals surface area (Å²) in [5.74, 6) is -1.27. The van der Waals surface area contributed by atoms with Gasteiger partial charge >= 0.3 is 6.03 Å². The minimum atomic E-state index is -0.822. The topological polar surface area (TPSA) is 93.1 Å². The molecule has 3 aromatic rings. The Bertz CT molecular complexity index is 1210. The molecule has 1 saturated carbocycles. The smallest absolute Gasteiger partial charge is 0.305 e. The van der Waals surface area contributed by atoms with E-state index in [9.17, 15) is 18.8 Å². The highest BCUT2D eigenvalue weighted by molar-refractivity contribution is 7.99.